The van der Waals surface area contributed by atoms with Crippen LogP contribution in [0.1, 0.15) is 21.7 Å². The Morgan fingerprint density at radius 2 is 1.80 bits per heavy atom. The number of nitrogens with zero attached hydrogens (tertiary/aromatic N) is 6. The maximum absolute atomic E-state index is 13.5. The van der Waals surface area contributed by atoms with E-state index in [4.69, 9.17) is 0 Å². The molecule has 0 aromatic carbocycles. The van der Waals surface area contributed by atoms with Gasteiger partial charge in [0.1, 0.15) is 5.69 Å². The Bertz CT molecular complexity index is 1120. The van der Waals surface area contributed by atoms with Gasteiger partial charge >= 0.3 is 0 Å². The summed E-state index contributed by atoms with van der Waals surface area (Å²) in [5, 5.41) is 3.38. The van der Waals surface area contributed by atoms with Gasteiger partial charge in [-0.1, -0.05) is 0 Å². The van der Waals surface area contributed by atoms with Crippen molar-refractivity contribution < 1.29 is 4.79 Å². The van der Waals surface area contributed by atoms with Crippen LogP contribution < -0.4 is 10.2 Å². The van der Waals surface area contributed by atoms with Gasteiger partial charge in [-0.05, 0) is 43.7 Å². The van der Waals surface area contributed by atoms with E-state index in [-0.39, 0.29) is 11.7 Å². The van der Waals surface area contributed by atoms with Crippen molar-refractivity contribution in [2.24, 2.45) is 5.92 Å². The molecule has 0 bridgehead atoms. The molecule has 0 spiro atoms. The van der Waals surface area contributed by atoms with Gasteiger partial charge in [0.05, 0.1) is 6.04 Å². The molecule has 2 aliphatic rings. The number of hydrogen-bond acceptors (Lipinski definition) is 8. The summed E-state index contributed by atoms with van der Waals surface area (Å²) < 4.78 is 0. The fourth-order valence-corrected chi connectivity index (χ4v) is 4.13. The first-order chi connectivity index (χ1) is 14.6. The fraction of sp³-hybridized carbons (Fsp3) is 0.273. The summed E-state index contributed by atoms with van der Waals surface area (Å²) in [5.41, 5.74) is 3.94. The number of rotatable bonds is 4. The number of carbonyl (C=O) groups excluding carboxylic acids is 1. The van der Waals surface area contributed by atoms with Crippen molar-refractivity contribution >= 4 is 11.7 Å². The van der Waals surface area contributed by atoms with Crippen LogP contribution >= 0.6 is 0 Å². The maximum atomic E-state index is 13.5. The van der Waals surface area contributed by atoms with Crippen LogP contribution in [0.25, 0.3) is 11.5 Å². The quantitative estimate of drug-likeness (QED) is 0.667. The highest BCUT2D eigenvalue weighted by molar-refractivity contribution is 6.06. The van der Waals surface area contributed by atoms with Crippen LogP contribution in [0.4, 0.5) is 5.95 Å². The van der Waals surface area contributed by atoms with Gasteiger partial charge in [-0.25, -0.2) is 19.9 Å². The van der Waals surface area contributed by atoms with E-state index in [1.807, 2.05) is 31.0 Å². The molecule has 2 atom stereocenters. The molecular formula is C22H21N7O. The number of nitrogens with one attached hydrogen (secondary N) is 1. The van der Waals surface area contributed by atoms with Crippen molar-refractivity contribution in [2.75, 3.05) is 18.0 Å². The third-order valence-electron chi connectivity index (χ3n) is 5.44. The second-order valence-electron chi connectivity index (χ2n) is 7.61. The van der Waals surface area contributed by atoms with E-state index < -0.39 is 6.04 Å². The normalized spacial score (nSPS) is 20.2. The van der Waals surface area contributed by atoms with Crippen LogP contribution in [0.5, 0.6) is 0 Å². The summed E-state index contributed by atoms with van der Waals surface area (Å²) in [6.45, 7) is 5.43. The monoisotopic (exact) mass is 399 g/mol. The van der Waals surface area contributed by atoms with Gasteiger partial charge in [0.25, 0.3) is 0 Å². The Balaban J connectivity index is 1.47. The zero-order valence-corrected chi connectivity index (χ0v) is 16.8. The summed E-state index contributed by atoms with van der Waals surface area (Å²) in [6.07, 6.45) is 6.98. The molecule has 0 radical (unpaired) electrons. The molecular weight excluding hydrogens is 378 g/mol. The smallest absolute Gasteiger partial charge is 0.229 e. The minimum Gasteiger partial charge on any atom is -0.316 e. The topological polar surface area (TPSA) is 96.8 Å². The summed E-state index contributed by atoms with van der Waals surface area (Å²) in [4.78, 5) is 37.6. The maximum Gasteiger partial charge on any atom is 0.229 e. The zero-order valence-electron chi connectivity index (χ0n) is 16.8. The van der Waals surface area contributed by atoms with Gasteiger partial charge in [-0.15, -0.1) is 0 Å². The Morgan fingerprint density at radius 3 is 2.57 bits per heavy atom. The highest BCUT2D eigenvalue weighted by Crippen LogP contribution is 2.33. The van der Waals surface area contributed by atoms with E-state index >= 15 is 0 Å². The molecule has 3 aromatic heterocycles. The third-order valence-corrected chi connectivity index (χ3v) is 5.44. The average Bonchev–Trinajstić information content (AvgIpc) is 3.34. The summed E-state index contributed by atoms with van der Waals surface area (Å²) in [5.74, 6) is 1.35. The van der Waals surface area contributed by atoms with Crippen LogP contribution in [0.15, 0.2) is 54.6 Å². The predicted octanol–water partition coefficient (Wildman–Crippen LogP) is 2.12. The standard InChI is InChI=1S/C22H21N7O/c1-13-9-14(2)28-22(27-13)29-11-15-10-26-18(17(15)12-29)20(30)16-5-3-6-23-19(16)21-24-7-4-8-25-21/h3-9,12,15,18,26H,10-11H2,1-2H3. The largest absolute Gasteiger partial charge is 0.316 e. The Kier molecular flexibility index (Phi) is 4.55. The van der Waals surface area contributed by atoms with Crippen molar-refractivity contribution in [2.45, 2.75) is 19.9 Å². The highest BCUT2D eigenvalue weighted by Gasteiger charge is 2.41. The van der Waals surface area contributed by atoms with Gasteiger partial charge in [0.15, 0.2) is 11.6 Å². The van der Waals surface area contributed by atoms with E-state index in [1.165, 1.54) is 0 Å². The molecule has 1 saturated heterocycles. The molecule has 8 heteroatoms. The third kappa shape index (κ3) is 3.25. The van der Waals surface area contributed by atoms with Crippen molar-refractivity contribution in [1.29, 1.82) is 0 Å². The van der Waals surface area contributed by atoms with Crippen molar-refractivity contribution in [3.05, 3.63) is 71.6 Å². The zero-order chi connectivity index (χ0) is 20.7. The van der Waals surface area contributed by atoms with Gasteiger partial charge in [0, 0.05) is 60.7 Å². The Labute approximate surface area is 174 Å². The number of aryl methyl sites for hydroxylation is 2. The number of fused-ring (bicyclic) bond motifs is 1. The number of carbonyl (C=O) groups is 1. The second-order valence-corrected chi connectivity index (χ2v) is 7.61. The van der Waals surface area contributed by atoms with Crippen LogP contribution in [0, 0.1) is 19.8 Å². The average molecular weight is 399 g/mol. The SMILES string of the molecule is Cc1cc(C)nc(N2C=C3C(CNC3C(=O)c3cccnc3-c3ncccn3)C2)n1. The number of hydrogen-bond donors (Lipinski definition) is 1. The van der Waals surface area contributed by atoms with E-state index in [0.29, 0.717) is 23.0 Å². The molecule has 0 saturated carbocycles. The fourth-order valence-electron chi connectivity index (χ4n) is 4.13. The van der Waals surface area contributed by atoms with E-state index in [9.17, 15) is 4.79 Å². The van der Waals surface area contributed by atoms with E-state index in [0.717, 1.165) is 30.1 Å². The molecule has 150 valence electrons. The number of ketones is 1. The molecule has 5 rings (SSSR count). The molecule has 2 aliphatic heterocycles. The highest BCUT2D eigenvalue weighted by atomic mass is 16.1. The van der Waals surface area contributed by atoms with Crippen LogP contribution in [0.3, 0.4) is 0 Å². The molecule has 8 nitrogen and oxygen atoms in total. The molecule has 5 heterocycles. The first-order valence-electron chi connectivity index (χ1n) is 9.90. The molecule has 0 amide bonds. The molecule has 3 aromatic rings. The second kappa shape index (κ2) is 7.38. The Morgan fingerprint density at radius 1 is 1.07 bits per heavy atom. The van der Waals surface area contributed by atoms with Crippen LogP contribution in [0.2, 0.25) is 0 Å². The predicted molar refractivity (Wildman–Crippen MR) is 112 cm³/mol. The van der Waals surface area contributed by atoms with Crippen molar-refractivity contribution in [3.8, 4) is 11.5 Å². The number of Topliss-reactive ketones (excluding diaryl/α,β-unsaturated/α-hetero) is 1. The minimum absolute atomic E-state index is 0.0255. The lowest BCUT2D eigenvalue weighted by atomic mass is 9.94. The Hall–Kier alpha value is -3.52. The lowest BCUT2D eigenvalue weighted by molar-refractivity contribution is 0.0966. The van der Waals surface area contributed by atoms with Crippen LogP contribution in [-0.4, -0.2) is 49.8 Å². The van der Waals surface area contributed by atoms with Crippen molar-refractivity contribution in [3.63, 3.8) is 0 Å². The lowest BCUT2D eigenvalue weighted by Crippen LogP contribution is -2.33. The summed E-state index contributed by atoms with van der Waals surface area (Å²) >= 11 is 0. The van der Waals surface area contributed by atoms with E-state index in [2.05, 4.69) is 30.2 Å². The number of pyridine rings is 1. The molecule has 2 unspecified atom stereocenters. The minimum atomic E-state index is -0.405. The van der Waals surface area contributed by atoms with Crippen LogP contribution in [-0.2, 0) is 0 Å². The summed E-state index contributed by atoms with van der Waals surface area (Å²) in [7, 11) is 0. The van der Waals surface area contributed by atoms with Gasteiger partial charge in [-0.3, -0.25) is 9.78 Å². The molecule has 30 heavy (non-hydrogen) atoms. The molecule has 1 N–H and O–H groups in total. The molecule has 1 fully saturated rings. The van der Waals surface area contributed by atoms with Crippen molar-refractivity contribution in [1.82, 2.24) is 30.2 Å². The summed E-state index contributed by atoms with van der Waals surface area (Å²) in [6, 6.07) is 6.85. The first kappa shape index (κ1) is 18.5. The lowest BCUT2D eigenvalue weighted by Gasteiger charge is -2.17. The number of aromatic nitrogens is 5. The number of anilines is 1. The first-order valence-corrected chi connectivity index (χ1v) is 9.90. The van der Waals surface area contributed by atoms with Gasteiger partial charge in [-0.2, -0.15) is 0 Å². The van der Waals surface area contributed by atoms with Gasteiger partial charge < -0.3 is 10.2 Å². The van der Waals surface area contributed by atoms with E-state index in [1.54, 1.807) is 36.8 Å². The molecule has 0 aliphatic carbocycles. The van der Waals surface area contributed by atoms with Gasteiger partial charge in [0.2, 0.25) is 5.95 Å².